The van der Waals surface area contributed by atoms with E-state index in [1.807, 2.05) is 25.1 Å². The lowest BCUT2D eigenvalue weighted by Gasteiger charge is -2.16. The van der Waals surface area contributed by atoms with Gasteiger partial charge in [-0.05, 0) is 30.7 Å². The van der Waals surface area contributed by atoms with Crippen LogP contribution < -0.4 is 10.6 Å². The van der Waals surface area contributed by atoms with Crippen LogP contribution in [0.15, 0.2) is 46.1 Å². The highest BCUT2D eigenvalue weighted by atomic mass is 32.2. The third kappa shape index (κ3) is 3.04. The Kier molecular flexibility index (Phi) is 4.83. The molecule has 1 saturated heterocycles. The maximum atomic E-state index is 13.1. The van der Waals surface area contributed by atoms with Crippen molar-refractivity contribution in [2.75, 3.05) is 4.90 Å². The molecule has 1 aliphatic heterocycles. The Morgan fingerprint density at radius 1 is 1.10 bits per heavy atom. The van der Waals surface area contributed by atoms with E-state index >= 15 is 0 Å². The molecule has 0 saturated carbocycles. The Morgan fingerprint density at radius 2 is 1.73 bits per heavy atom. The summed E-state index contributed by atoms with van der Waals surface area (Å²) < 4.78 is 3.12. The van der Waals surface area contributed by atoms with Crippen LogP contribution in [-0.2, 0) is 18.9 Å². The van der Waals surface area contributed by atoms with E-state index in [1.54, 1.807) is 26.2 Å². The quantitative estimate of drug-likeness (QED) is 0.268. The Morgan fingerprint density at radius 3 is 2.37 bits per heavy atom. The van der Waals surface area contributed by atoms with Gasteiger partial charge in [0.25, 0.3) is 11.6 Å². The summed E-state index contributed by atoms with van der Waals surface area (Å²) in [5.41, 5.74) is 2.30. The molecule has 1 aromatic heterocycles. The van der Waals surface area contributed by atoms with Gasteiger partial charge in [-0.15, -0.1) is 0 Å². The first-order valence-corrected chi connectivity index (χ1v) is 10.1. The highest BCUT2D eigenvalue weighted by Crippen LogP contribution is 2.38. The molecule has 0 spiro atoms. The summed E-state index contributed by atoms with van der Waals surface area (Å²) in [5.74, 6) is -0.337. The first kappa shape index (κ1) is 20.0. The summed E-state index contributed by atoms with van der Waals surface area (Å²) >= 11 is 6.49. The number of carbonyl (C=O) groups excluding carboxylic acids is 1. The zero-order valence-electron chi connectivity index (χ0n) is 16.3. The number of thioether (sulfide) groups is 1. The van der Waals surface area contributed by atoms with Crippen molar-refractivity contribution in [3.8, 4) is 0 Å². The van der Waals surface area contributed by atoms with Crippen LogP contribution in [0.2, 0.25) is 0 Å². The van der Waals surface area contributed by atoms with Gasteiger partial charge in [0.2, 0.25) is 0 Å². The molecule has 0 N–H and O–H groups in total. The SMILES string of the molecule is Cc1ccccc1N1C(=O)/C(=C/c2cc3c(cc2[N+](=O)[O-])n(C)c(=O)n3C)SC1=S. The molecular formula is C20H16N4O4S2. The second-order valence-electron chi connectivity index (χ2n) is 6.86. The third-order valence-corrected chi connectivity index (χ3v) is 6.36. The summed E-state index contributed by atoms with van der Waals surface area (Å²) in [5, 5.41) is 11.7. The van der Waals surface area contributed by atoms with Gasteiger partial charge in [-0.3, -0.25) is 28.9 Å². The molecule has 1 aliphatic rings. The fourth-order valence-electron chi connectivity index (χ4n) is 3.46. The van der Waals surface area contributed by atoms with E-state index < -0.39 is 4.92 Å². The predicted molar refractivity (Wildman–Crippen MR) is 122 cm³/mol. The Balaban J connectivity index is 1.86. The molecule has 10 heteroatoms. The minimum Gasteiger partial charge on any atom is -0.295 e. The molecule has 0 radical (unpaired) electrons. The molecule has 0 bridgehead atoms. The fraction of sp³-hybridized carbons (Fsp3) is 0.150. The van der Waals surface area contributed by atoms with E-state index in [0.29, 0.717) is 21.0 Å². The van der Waals surface area contributed by atoms with Crippen LogP contribution in [0.5, 0.6) is 0 Å². The molecule has 2 heterocycles. The van der Waals surface area contributed by atoms with Gasteiger partial charge in [0.05, 0.1) is 32.1 Å². The Bertz CT molecular complexity index is 1350. The molecule has 4 rings (SSSR count). The van der Waals surface area contributed by atoms with Crippen molar-refractivity contribution in [3.63, 3.8) is 0 Å². The van der Waals surface area contributed by atoms with E-state index in [1.165, 1.54) is 26.2 Å². The van der Waals surface area contributed by atoms with Gasteiger partial charge >= 0.3 is 5.69 Å². The molecule has 30 heavy (non-hydrogen) atoms. The van der Waals surface area contributed by atoms with Crippen molar-refractivity contribution in [1.82, 2.24) is 9.13 Å². The largest absolute Gasteiger partial charge is 0.328 e. The van der Waals surface area contributed by atoms with Gasteiger partial charge in [-0.1, -0.05) is 42.2 Å². The van der Waals surface area contributed by atoms with E-state index in [0.717, 1.165) is 17.3 Å². The summed E-state index contributed by atoms with van der Waals surface area (Å²) in [6.07, 6.45) is 1.46. The lowest BCUT2D eigenvalue weighted by molar-refractivity contribution is -0.385. The second-order valence-corrected chi connectivity index (χ2v) is 8.54. The molecule has 0 unspecified atom stereocenters. The number of hydrogen-bond donors (Lipinski definition) is 0. The van der Waals surface area contributed by atoms with Crippen LogP contribution in [0.3, 0.4) is 0 Å². The lowest BCUT2D eigenvalue weighted by Crippen LogP contribution is -2.28. The second kappa shape index (κ2) is 7.22. The van der Waals surface area contributed by atoms with Crippen molar-refractivity contribution >= 4 is 62.7 Å². The van der Waals surface area contributed by atoms with Gasteiger partial charge in [0, 0.05) is 20.2 Å². The lowest BCUT2D eigenvalue weighted by atomic mass is 10.1. The number of nitro benzene ring substituents is 1. The van der Waals surface area contributed by atoms with Crippen LogP contribution in [0.25, 0.3) is 17.1 Å². The van der Waals surface area contributed by atoms with Crippen LogP contribution in [0.1, 0.15) is 11.1 Å². The number of fused-ring (bicyclic) bond motifs is 1. The van der Waals surface area contributed by atoms with Gasteiger partial charge in [0.1, 0.15) is 0 Å². The number of imidazole rings is 1. The van der Waals surface area contributed by atoms with Gasteiger partial charge in [-0.25, -0.2) is 4.79 Å². The maximum absolute atomic E-state index is 13.1. The van der Waals surface area contributed by atoms with Crippen molar-refractivity contribution < 1.29 is 9.72 Å². The summed E-state index contributed by atoms with van der Waals surface area (Å²) in [4.78, 5) is 38.1. The minimum atomic E-state index is -0.523. The number of thiocarbonyl (C=S) groups is 1. The van der Waals surface area contributed by atoms with Crippen molar-refractivity contribution in [2.24, 2.45) is 14.1 Å². The molecule has 0 atom stereocenters. The normalized spacial score (nSPS) is 15.6. The fourth-order valence-corrected chi connectivity index (χ4v) is 4.73. The average Bonchev–Trinajstić information content (AvgIpc) is 3.09. The minimum absolute atomic E-state index is 0.190. The van der Waals surface area contributed by atoms with Crippen LogP contribution in [0, 0.1) is 17.0 Å². The molecule has 152 valence electrons. The predicted octanol–water partition coefficient (Wildman–Crippen LogP) is 3.50. The average molecular weight is 441 g/mol. The third-order valence-electron chi connectivity index (χ3n) is 5.05. The molecule has 8 nitrogen and oxygen atoms in total. The number of nitrogens with zero attached hydrogens (tertiary/aromatic N) is 4. The van der Waals surface area contributed by atoms with Gasteiger partial charge < -0.3 is 0 Å². The van der Waals surface area contributed by atoms with Crippen molar-refractivity contribution in [3.05, 3.63) is 73.0 Å². The zero-order chi connectivity index (χ0) is 21.7. The first-order chi connectivity index (χ1) is 14.2. The number of aryl methyl sites for hydroxylation is 3. The Labute approximate surface area is 180 Å². The molecular weight excluding hydrogens is 424 g/mol. The summed E-state index contributed by atoms with van der Waals surface area (Å²) in [6.45, 7) is 1.88. The van der Waals surface area contributed by atoms with Crippen molar-refractivity contribution in [1.29, 1.82) is 0 Å². The highest BCUT2D eigenvalue weighted by Gasteiger charge is 2.34. The highest BCUT2D eigenvalue weighted by molar-refractivity contribution is 8.27. The van der Waals surface area contributed by atoms with Gasteiger partial charge in [-0.2, -0.15) is 0 Å². The molecule has 1 fully saturated rings. The molecule has 3 aromatic rings. The molecule has 2 aromatic carbocycles. The van der Waals surface area contributed by atoms with E-state index in [-0.39, 0.29) is 27.8 Å². The van der Waals surface area contributed by atoms with Gasteiger partial charge in [0.15, 0.2) is 4.32 Å². The Hall–Kier alpha value is -3.24. The number of rotatable bonds is 3. The number of aromatic nitrogens is 2. The molecule has 1 amide bonds. The molecule has 0 aliphatic carbocycles. The number of hydrogen-bond acceptors (Lipinski definition) is 6. The summed E-state index contributed by atoms with van der Waals surface area (Å²) in [7, 11) is 3.15. The van der Waals surface area contributed by atoms with E-state index in [2.05, 4.69) is 0 Å². The van der Waals surface area contributed by atoms with Crippen molar-refractivity contribution in [2.45, 2.75) is 6.92 Å². The standard InChI is InChI=1S/C20H16N4O4S2/c1-11-6-4-5-7-13(11)23-18(25)17(30-20(23)29)9-12-8-15-16(10-14(12)24(27)28)22(3)19(26)21(15)2/h4-10H,1-3H3/b17-9-. The number of nitro groups is 1. The number of anilines is 1. The van der Waals surface area contributed by atoms with Crippen LogP contribution in [-0.4, -0.2) is 24.3 Å². The number of carbonyl (C=O) groups is 1. The van der Waals surface area contributed by atoms with E-state index in [9.17, 15) is 19.7 Å². The summed E-state index contributed by atoms with van der Waals surface area (Å²) in [6, 6.07) is 10.3. The topological polar surface area (TPSA) is 90.4 Å². The number of amides is 1. The first-order valence-electron chi connectivity index (χ1n) is 8.88. The zero-order valence-corrected chi connectivity index (χ0v) is 17.9. The van der Waals surface area contributed by atoms with Crippen LogP contribution >= 0.6 is 24.0 Å². The maximum Gasteiger partial charge on any atom is 0.328 e. The smallest absolute Gasteiger partial charge is 0.295 e. The number of para-hydroxylation sites is 1. The number of benzene rings is 2. The van der Waals surface area contributed by atoms with Crippen LogP contribution in [0.4, 0.5) is 11.4 Å². The van der Waals surface area contributed by atoms with E-state index in [4.69, 9.17) is 12.2 Å². The monoisotopic (exact) mass is 440 g/mol.